The molecule has 0 saturated carbocycles. The van der Waals surface area contributed by atoms with Gasteiger partial charge in [-0.1, -0.05) is 24.3 Å². The van der Waals surface area contributed by atoms with Crippen LogP contribution in [-0.2, 0) is 6.42 Å². The molecule has 0 radical (unpaired) electrons. The van der Waals surface area contributed by atoms with Crippen molar-refractivity contribution in [1.29, 1.82) is 0 Å². The maximum atomic E-state index is 5.83. The van der Waals surface area contributed by atoms with E-state index in [-0.39, 0.29) is 0 Å². The zero-order valence-corrected chi connectivity index (χ0v) is 10.2. The number of rotatable bonds is 4. The number of hydrogen-bond acceptors (Lipinski definition) is 3. The Morgan fingerprint density at radius 3 is 2.81 bits per heavy atom. The van der Waals surface area contributed by atoms with Crippen molar-refractivity contribution in [2.24, 2.45) is 5.73 Å². The van der Waals surface area contributed by atoms with Gasteiger partial charge < -0.3 is 5.73 Å². The Labute approximate surface area is 100 Å². The highest BCUT2D eigenvalue weighted by molar-refractivity contribution is 7.09. The van der Waals surface area contributed by atoms with Gasteiger partial charge >= 0.3 is 0 Å². The summed E-state index contributed by atoms with van der Waals surface area (Å²) in [4.78, 5) is 4.35. The Balaban J connectivity index is 2.17. The molecule has 0 aliphatic rings. The van der Waals surface area contributed by atoms with E-state index in [1.165, 1.54) is 11.1 Å². The minimum atomic E-state index is 0.348. The van der Waals surface area contributed by atoms with Gasteiger partial charge in [0.15, 0.2) is 0 Å². The maximum Gasteiger partial charge on any atom is 0.0971 e. The Hall–Kier alpha value is -1.19. The average molecular weight is 232 g/mol. The Morgan fingerprint density at radius 2 is 2.19 bits per heavy atom. The average Bonchev–Trinajstić information content (AvgIpc) is 2.81. The molecule has 84 valence electrons. The minimum absolute atomic E-state index is 0.348. The number of aryl methyl sites for hydroxylation is 1. The fourth-order valence-corrected chi connectivity index (χ4v) is 2.57. The molecule has 16 heavy (non-hydrogen) atoms. The second-order valence-electron chi connectivity index (χ2n) is 3.93. The lowest BCUT2D eigenvalue weighted by Crippen LogP contribution is -2.15. The third-order valence-electron chi connectivity index (χ3n) is 2.81. The van der Waals surface area contributed by atoms with E-state index in [1.54, 1.807) is 11.3 Å². The standard InChI is InChI=1S/C13H16N2S/c1-10-4-2-3-5-11(10)8-12(9-14)13-15-6-7-16-13/h2-7,12H,8-9,14H2,1H3. The number of nitrogens with two attached hydrogens (primary N) is 1. The third-order valence-corrected chi connectivity index (χ3v) is 3.75. The van der Waals surface area contributed by atoms with Crippen LogP contribution in [0.4, 0.5) is 0 Å². The van der Waals surface area contributed by atoms with Crippen molar-refractivity contribution < 1.29 is 0 Å². The van der Waals surface area contributed by atoms with E-state index in [0.717, 1.165) is 11.4 Å². The molecule has 2 nitrogen and oxygen atoms in total. The molecule has 0 fully saturated rings. The van der Waals surface area contributed by atoms with Crippen molar-refractivity contribution in [2.45, 2.75) is 19.3 Å². The second kappa shape index (κ2) is 5.23. The van der Waals surface area contributed by atoms with Crippen LogP contribution in [-0.4, -0.2) is 11.5 Å². The van der Waals surface area contributed by atoms with Crippen LogP contribution in [0, 0.1) is 6.92 Å². The first kappa shape index (κ1) is 11.3. The van der Waals surface area contributed by atoms with E-state index >= 15 is 0 Å². The summed E-state index contributed by atoms with van der Waals surface area (Å²) < 4.78 is 0. The fraction of sp³-hybridized carbons (Fsp3) is 0.308. The smallest absolute Gasteiger partial charge is 0.0971 e. The molecule has 1 unspecified atom stereocenters. The quantitative estimate of drug-likeness (QED) is 0.880. The summed E-state index contributed by atoms with van der Waals surface area (Å²) in [5.41, 5.74) is 8.53. The number of benzene rings is 1. The summed E-state index contributed by atoms with van der Waals surface area (Å²) in [7, 11) is 0. The molecule has 0 saturated heterocycles. The lowest BCUT2D eigenvalue weighted by Gasteiger charge is -2.13. The predicted molar refractivity (Wildman–Crippen MR) is 68.8 cm³/mol. The zero-order valence-electron chi connectivity index (χ0n) is 9.39. The largest absolute Gasteiger partial charge is 0.330 e. The molecule has 2 aromatic rings. The monoisotopic (exact) mass is 232 g/mol. The van der Waals surface area contributed by atoms with E-state index in [1.807, 2.05) is 11.6 Å². The van der Waals surface area contributed by atoms with Gasteiger partial charge in [0.05, 0.1) is 5.01 Å². The molecule has 0 bridgehead atoms. The summed E-state index contributed by atoms with van der Waals surface area (Å²) >= 11 is 1.69. The van der Waals surface area contributed by atoms with Gasteiger partial charge in [-0.15, -0.1) is 11.3 Å². The Bertz CT molecular complexity index is 437. The molecule has 2 N–H and O–H groups in total. The molecular formula is C13H16N2S. The fourth-order valence-electron chi connectivity index (χ4n) is 1.81. The second-order valence-corrected chi connectivity index (χ2v) is 4.86. The number of thiazole rings is 1. The van der Waals surface area contributed by atoms with E-state index in [2.05, 4.69) is 36.2 Å². The first-order chi connectivity index (χ1) is 7.81. The number of hydrogen-bond donors (Lipinski definition) is 1. The highest BCUT2D eigenvalue weighted by atomic mass is 32.1. The molecule has 2 rings (SSSR count). The van der Waals surface area contributed by atoms with E-state index in [4.69, 9.17) is 5.73 Å². The molecule has 0 aliphatic heterocycles. The van der Waals surface area contributed by atoms with Crippen molar-refractivity contribution in [1.82, 2.24) is 4.98 Å². The van der Waals surface area contributed by atoms with E-state index < -0.39 is 0 Å². The number of nitrogens with zero attached hydrogens (tertiary/aromatic N) is 1. The molecule has 1 aromatic heterocycles. The van der Waals surface area contributed by atoms with Gasteiger partial charge in [-0.05, 0) is 24.5 Å². The molecule has 3 heteroatoms. The normalized spacial score (nSPS) is 12.6. The van der Waals surface area contributed by atoms with Crippen molar-refractivity contribution in [3.05, 3.63) is 52.0 Å². The first-order valence-corrected chi connectivity index (χ1v) is 6.33. The first-order valence-electron chi connectivity index (χ1n) is 5.45. The van der Waals surface area contributed by atoms with Crippen LogP contribution < -0.4 is 5.73 Å². The molecule has 1 heterocycles. The lowest BCUT2D eigenvalue weighted by molar-refractivity contribution is 0.686. The summed E-state index contributed by atoms with van der Waals surface area (Å²) in [5.74, 6) is 0.348. The van der Waals surface area contributed by atoms with Gasteiger partial charge in [-0.2, -0.15) is 0 Å². The van der Waals surface area contributed by atoms with Crippen molar-refractivity contribution >= 4 is 11.3 Å². The van der Waals surface area contributed by atoms with Gasteiger partial charge in [-0.25, -0.2) is 4.98 Å². The molecule has 1 aromatic carbocycles. The topological polar surface area (TPSA) is 38.9 Å². The van der Waals surface area contributed by atoms with Crippen LogP contribution >= 0.6 is 11.3 Å². The van der Waals surface area contributed by atoms with Gasteiger partial charge in [-0.3, -0.25) is 0 Å². The molecule has 0 aliphatic carbocycles. The number of aromatic nitrogens is 1. The van der Waals surface area contributed by atoms with Crippen LogP contribution in [0.5, 0.6) is 0 Å². The highest BCUT2D eigenvalue weighted by Crippen LogP contribution is 2.23. The molecule has 0 spiro atoms. The van der Waals surface area contributed by atoms with E-state index in [0.29, 0.717) is 12.5 Å². The molecule has 0 amide bonds. The summed E-state index contributed by atoms with van der Waals surface area (Å²) in [6.45, 7) is 2.80. The third kappa shape index (κ3) is 2.49. The Kier molecular flexibility index (Phi) is 3.70. The van der Waals surface area contributed by atoms with Crippen molar-refractivity contribution in [2.75, 3.05) is 6.54 Å². The summed E-state index contributed by atoms with van der Waals surface area (Å²) in [5, 5.41) is 3.15. The predicted octanol–water partition coefficient (Wildman–Crippen LogP) is 2.74. The highest BCUT2D eigenvalue weighted by Gasteiger charge is 2.13. The minimum Gasteiger partial charge on any atom is -0.330 e. The summed E-state index contributed by atoms with van der Waals surface area (Å²) in [6.07, 6.45) is 2.83. The van der Waals surface area contributed by atoms with Gasteiger partial charge in [0.25, 0.3) is 0 Å². The van der Waals surface area contributed by atoms with Crippen molar-refractivity contribution in [3.8, 4) is 0 Å². The van der Waals surface area contributed by atoms with Crippen LogP contribution in [0.2, 0.25) is 0 Å². The van der Waals surface area contributed by atoms with Crippen molar-refractivity contribution in [3.63, 3.8) is 0 Å². The Morgan fingerprint density at radius 1 is 1.38 bits per heavy atom. The van der Waals surface area contributed by atoms with E-state index in [9.17, 15) is 0 Å². The zero-order chi connectivity index (χ0) is 11.4. The van der Waals surface area contributed by atoms with Crippen LogP contribution in [0.15, 0.2) is 35.8 Å². The van der Waals surface area contributed by atoms with Crippen LogP contribution in [0.3, 0.4) is 0 Å². The SMILES string of the molecule is Cc1ccccc1CC(CN)c1nccs1. The van der Waals surface area contributed by atoms with Gasteiger partial charge in [0.1, 0.15) is 0 Å². The maximum absolute atomic E-state index is 5.83. The van der Waals surface area contributed by atoms with Crippen LogP contribution in [0.25, 0.3) is 0 Å². The van der Waals surface area contributed by atoms with Gasteiger partial charge in [0.2, 0.25) is 0 Å². The van der Waals surface area contributed by atoms with Crippen LogP contribution in [0.1, 0.15) is 22.1 Å². The van der Waals surface area contributed by atoms with Gasteiger partial charge in [0, 0.05) is 24.0 Å². The summed E-state index contributed by atoms with van der Waals surface area (Å²) in [6, 6.07) is 8.47. The molecular weight excluding hydrogens is 216 g/mol. The lowest BCUT2D eigenvalue weighted by atomic mass is 9.97. The molecule has 1 atom stereocenters.